The van der Waals surface area contributed by atoms with E-state index in [1.807, 2.05) is 6.07 Å². The number of benzene rings is 1. The van der Waals surface area contributed by atoms with E-state index in [0.717, 1.165) is 17.8 Å². The van der Waals surface area contributed by atoms with Crippen molar-refractivity contribution in [3.8, 4) is 0 Å². The molecule has 1 aromatic carbocycles. The van der Waals surface area contributed by atoms with Gasteiger partial charge in [-0.15, -0.1) is 0 Å². The highest BCUT2D eigenvalue weighted by Crippen LogP contribution is 2.32. The van der Waals surface area contributed by atoms with Crippen LogP contribution in [0.15, 0.2) is 30.5 Å². The zero-order valence-electron chi connectivity index (χ0n) is 11.4. The number of alkyl halides is 3. The summed E-state index contributed by atoms with van der Waals surface area (Å²) in [4.78, 5) is 0. The van der Waals surface area contributed by atoms with Crippen LogP contribution in [0.25, 0.3) is 0 Å². The van der Waals surface area contributed by atoms with Crippen molar-refractivity contribution in [2.24, 2.45) is 7.05 Å². The van der Waals surface area contributed by atoms with Gasteiger partial charge in [0, 0.05) is 38.4 Å². The Hall–Kier alpha value is -1.89. The Morgan fingerprint density at radius 1 is 1.24 bits per heavy atom. The molecule has 7 heteroatoms. The minimum absolute atomic E-state index is 0.0347. The van der Waals surface area contributed by atoms with Gasteiger partial charge in [-0.3, -0.25) is 4.68 Å². The molecule has 0 saturated carbocycles. The van der Waals surface area contributed by atoms with Gasteiger partial charge in [-0.25, -0.2) is 4.39 Å². The third-order valence-corrected chi connectivity index (χ3v) is 3.17. The predicted molar refractivity (Wildman–Crippen MR) is 70.0 cm³/mol. The Kier molecular flexibility index (Phi) is 4.62. The molecule has 0 aliphatic carbocycles. The second kappa shape index (κ2) is 6.26. The third-order valence-electron chi connectivity index (χ3n) is 3.17. The lowest BCUT2D eigenvalue weighted by Crippen LogP contribution is -2.20. The summed E-state index contributed by atoms with van der Waals surface area (Å²) in [6, 6.07) is 4.57. The Morgan fingerprint density at radius 3 is 2.62 bits per heavy atom. The first-order valence-electron chi connectivity index (χ1n) is 6.41. The first kappa shape index (κ1) is 15.5. The molecular formula is C14H15F4N3. The molecule has 1 N–H and O–H groups in total. The Bertz CT molecular complexity index is 605. The van der Waals surface area contributed by atoms with Gasteiger partial charge in [0.15, 0.2) is 0 Å². The van der Waals surface area contributed by atoms with E-state index in [2.05, 4.69) is 10.4 Å². The maximum Gasteiger partial charge on any atom is 0.416 e. The van der Waals surface area contributed by atoms with E-state index < -0.39 is 17.6 Å². The second-order valence-electron chi connectivity index (χ2n) is 4.67. The van der Waals surface area contributed by atoms with Gasteiger partial charge in [0.2, 0.25) is 0 Å². The standard InChI is InChI=1S/C14H15F4N3/c1-21-12(5-7-20-21)4-6-19-9-10-2-3-11(15)8-13(10)14(16,17)18/h2-3,5,7-8,19H,4,6,9H2,1H3. The minimum atomic E-state index is -4.55. The second-order valence-corrected chi connectivity index (χ2v) is 4.67. The Balaban J connectivity index is 1.96. The third kappa shape index (κ3) is 4.04. The van der Waals surface area contributed by atoms with Crippen LogP contribution in [0.3, 0.4) is 0 Å². The molecule has 0 fully saturated rings. The van der Waals surface area contributed by atoms with Crippen molar-refractivity contribution in [2.75, 3.05) is 6.54 Å². The van der Waals surface area contributed by atoms with Gasteiger partial charge in [0.25, 0.3) is 0 Å². The first-order chi connectivity index (χ1) is 9.88. The van der Waals surface area contributed by atoms with Crippen LogP contribution in [0.2, 0.25) is 0 Å². The van der Waals surface area contributed by atoms with Crippen LogP contribution in [-0.2, 0) is 26.2 Å². The SMILES string of the molecule is Cn1nccc1CCNCc1ccc(F)cc1C(F)(F)F. The molecule has 114 valence electrons. The maximum absolute atomic E-state index is 13.0. The zero-order valence-corrected chi connectivity index (χ0v) is 11.4. The molecule has 2 rings (SSSR count). The summed E-state index contributed by atoms with van der Waals surface area (Å²) in [6.07, 6.45) is -2.24. The van der Waals surface area contributed by atoms with E-state index in [1.54, 1.807) is 17.9 Å². The fraction of sp³-hybridized carbons (Fsp3) is 0.357. The van der Waals surface area contributed by atoms with Gasteiger partial charge < -0.3 is 5.32 Å². The molecule has 0 unspecified atom stereocenters. The van der Waals surface area contributed by atoms with Crippen LogP contribution in [0.4, 0.5) is 17.6 Å². The smallest absolute Gasteiger partial charge is 0.312 e. The van der Waals surface area contributed by atoms with Crippen LogP contribution in [0.5, 0.6) is 0 Å². The highest BCUT2D eigenvalue weighted by Gasteiger charge is 2.33. The largest absolute Gasteiger partial charge is 0.416 e. The van der Waals surface area contributed by atoms with Gasteiger partial charge in [0.05, 0.1) is 5.56 Å². The summed E-state index contributed by atoms with van der Waals surface area (Å²) in [5, 5.41) is 6.94. The number of halogens is 4. The molecule has 0 atom stereocenters. The van der Waals surface area contributed by atoms with Crippen LogP contribution in [-0.4, -0.2) is 16.3 Å². The van der Waals surface area contributed by atoms with Gasteiger partial charge in [-0.2, -0.15) is 18.3 Å². The fourth-order valence-corrected chi connectivity index (χ4v) is 2.05. The number of hydrogen-bond acceptors (Lipinski definition) is 2. The molecule has 0 saturated heterocycles. The van der Waals surface area contributed by atoms with Crippen LogP contribution < -0.4 is 5.32 Å². The van der Waals surface area contributed by atoms with E-state index in [1.165, 1.54) is 0 Å². The molecule has 21 heavy (non-hydrogen) atoms. The average molecular weight is 301 g/mol. The van der Waals surface area contributed by atoms with Crippen molar-refractivity contribution in [3.05, 3.63) is 53.1 Å². The summed E-state index contributed by atoms with van der Waals surface area (Å²) in [5.74, 6) is -0.888. The predicted octanol–water partition coefficient (Wildman–Crippen LogP) is 2.91. The highest BCUT2D eigenvalue weighted by atomic mass is 19.4. The summed E-state index contributed by atoms with van der Waals surface area (Å²) in [7, 11) is 1.80. The lowest BCUT2D eigenvalue weighted by Gasteiger charge is -2.13. The molecule has 0 bridgehead atoms. The maximum atomic E-state index is 13.0. The molecular weight excluding hydrogens is 286 g/mol. The van der Waals surface area contributed by atoms with Crippen molar-refractivity contribution in [3.63, 3.8) is 0 Å². The van der Waals surface area contributed by atoms with E-state index >= 15 is 0 Å². The normalized spacial score (nSPS) is 11.9. The van der Waals surface area contributed by atoms with Crippen molar-refractivity contribution in [2.45, 2.75) is 19.1 Å². The summed E-state index contributed by atoms with van der Waals surface area (Å²) < 4.78 is 53.1. The number of hydrogen-bond donors (Lipinski definition) is 1. The molecule has 0 amide bonds. The number of aryl methyl sites for hydroxylation is 1. The number of aromatic nitrogens is 2. The van der Waals surface area contributed by atoms with Crippen LogP contribution in [0, 0.1) is 5.82 Å². The Labute approximate surface area is 119 Å². The van der Waals surface area contributed by atoms with Crippen molar-refractivity contribution < 1.29 is 17.6 Å². The summed E-state index contributed by atoms with van der Waals surface area (Å²) >= 11 is 0. The van der Waals surface area contributed by atoms with Gasteiger partial charge in [0.1, 0.15) is 5.82 Å². The van der Waals surface area contributed by atoms with Gasteiger partial charge >= 0.3 is 6.18 Å². The summed E-state index contributed by atoms with van der Waals surface area (Å²) in [6.45, 7) is 0.543. The van der Waals surface area contributed by atoms with Crippen LogP contribution >= 0.6 is 0 Å². The van der Waals surface area contributed by atoms with E-state index in [9.17, 15) is 17.6 Å². The fourth-order valence-electron chi connectivity index (χ4n) is 2.05. The molecule has 0 aliphatic rings. The summed E-state index contributed by atoms with van der Waals surface area (Å²) in [5.41, 5.74) is 0.0853. The molecule has 0 spiro atoms. The number of nitrogens with zero attached hydrogens (tertiary/aromatic N) is 2. The van der Waals surface area contributed by atoms with E-state index in [4.69, 9.17) is 0 Å². The topological polar surface area (TPSA) is 29.9 Å². The molecule has 3 nitrogen and oxygen atoms in total. The van der Waals surface area contributed by atoms with Gasteiger partial charge in [-0.05, 0) is 23.8 Å². The Morgan fingerprint density at radius 2 is 2.00 bits per heavy atom. The van der Waals surface area contributed by atoms with Crippen molar-refractivity contribution in [1.82, 2.24) is 15.1 Å². The van der Waals surface area contributed by atoms with E-state index in [0.29, 0.717) is 19.0 Å². The van der Waals surface area contributed by atoms with Gasteiger partial charge in [-0.1, -0.05) is 6.07 Å². The molecule has 0 aliphatic heterocycles. The highest BCUT2D eigenvalue weighted by molar-refractivity contribution is 5.30. The van der Waals surface area contributed by atoms with Crippen molar-refractivity contribution >= 4 is 0 Å². The van der Waals surface area contributed by atoms with E-state index in [-0.39, 0.29) is 12.1 Å². The molecule has 0 radical (unpaired) electrons. The minimum Gasteiger partial charge on any atom is -0.312 e. The number of nitrogens with one attached hydrogen (secondary N) is 1. The lowest BCUT2D eigenvalue weighted by atomic mass is 10.1. The van der Waals surface area contributed by atoms with Crippen molar-refractivity contribution in [1.29, 1.82) is 0 Å². The molecule has 2 aromatic rings. The molecule has 1 heterocycles. The van der Waals surface area contributed by atoms with Crippen LogP contribution in [0.1, 0.15) is 16.8 Å². The first-order valence-corrected chi connectivity index (χ1v) is 6.41. The molecule has 1 aromatic heterocycles. The monoisotopic (exact) mass is 301 g/mol. The average Bonchev–Trinajstić information content (AvgIpc) is 2.80. The quantitative estimate of drug-likeness (QED) is 0.680. The lowest BCUT2D eigenvalue weighted by molar-refractivity contribution is -0.138. The number of rotatable bonds is 5. The zero-order chi connectivity index (χ0) is 15.5.